The summed E-state index contributed by atoms with van der Waals surface area (Å²) in [5.41, 5.74) is 3.44. The van der Waals surface area contributed by atoms with Crippen molar-refractivity contribution in [3.63, 3.8) is 0 Å². The van der Waals surface area contributed by atoms with Crippen molar-refractivity contribution in [2.24, 2.45) is 4.99 Å². The Morgan fingerprint density at radius 3 is 2.24 bits per heavy atom. The number of esters is 1. The summed E-state index contributed by atoms with van der Waals surface area (Å²) in [4.78, 5) is 30.9. The zero-order valence-electron chi connectivity index (χ0n) is 17.2. The summed E-state index contributed by atoms with van der Waals surface area (Å²) in [7, 11) is 3.05. The average molecular weight is 409 g/mol. The van der Waals surface area contributed by atoms with Gasteiger partial charge in [0.1, 0.15) is 0 Å². The SMILES string of the molecule is COC(=O)c1ccc(N=C2S/C(=C/c3ccc(C(C)(C)C)cc3)C(=O)N2C)cc1. The molecule has 0 bridgehead atoms. The van der Waals surface area contributed by atoms with E-state index in [0.29, 0.717) is 21.3 Å². The standard InChI is InChI=1S/C23H24N2O3S/c1-23(2,3)17-10-6-15(7-11-17)14-19-20(26)25(4)22(29-19)24-18-12-8-16(9-13-18)21(27)28-5/h6-14H,1-5H3/b19-14+,24-22?. The monoisotopic (exact) mass is 408 g/mol. The van der Waals surface area contributed by atoms with Gasteiger partial charge in [-0.2, -0.15) is 0 Å². The average Bonchev–Trinajstić information content (AvgIpc) is 2.95. The number of benzene rings is 2. The summed E-state index contributed by atoms with van der Waals surface area (Å²) in [6, 6.07) is 15.0. The van der Waals surface area contributed by atoms with Crippen LogP contribution in [0.2, 0.25) is 0 Å². The Hall–Kier alpha value is -2.86. The highest BCUT2D eigenvalue weighted by atomic mass is 32.2. The van der Waals surface area contributed by atoms with Crippen LogP contribution in [0.25, 0.3) is 6.08 Å². The van der Waals surface area contributed by atoms with Crippen molar-refractivity contribution in [2.75, 3.05) is 14.2 Å². The Morgan fingerprint density at radius 1 is 1.07 bits per heavy atom. The van der Waals surface area contributed by atoms with Crippen molar-refractivity contribution in [2.45, 2.75) is 26.2 Å². The first-order valence-electron chi connectivity index (χ1n) is 9.24. The van der Waals surface area contributed by atoms with Crippen LogP contribution in [-0.4, -0.2) is 36.1 Å². The van der Waals surface area contributed by atoms with E-state index in [-0.39, 0.29) is 11.3 Å². The Kier molecular flexibility index (Phi) is 5.94. The molecule has 1 heterocycles. The number of nitrogens with zero attached hydrogens (tertiary/aromatic N) is 2. The molecule has 0 aromatic heterocycles. The summed E-state index contributed by atoms with van der Waals surface area (Å²) in [5, 5.41) is 0.596. The third-order valence-electron chi connectivity index (χ3n) is 4.59. The molecule has 0 atom stereocenters. The summed E-state index contributed by atoms with van der Waals surface area (Å²) >= 11 is 1.34. The minimum absolute atomic E-state index is 0.0835. The quantitative estimate of drug-likeness (QED) is 0.529. The second-order valence-electron chi connectivity index (χ2n) is 7.78. The van der Waals surface area contributed by atoms with Crippen molar-refractivity contribution < 1.29 is 14.3 Å². The van der Waals surface area contributed by atoms with Gasteiger partial charge in [-0.1, -0.05) is 45.0 Å². The van der Waals surface area contributed by atoms with E-state index in [4.69, 9.17) is 4.74 Å². The molecular weight excluding hydrogens is 384 g/mol. The van der Waals surface area contributed by atoms with E-state index < -0.39 is 5.97 Å². The predicted octanol–water partition coefficient (Wildman–Crippen LogP) is 5.00. The van der Waals surface area contributed by atoms with Crippen LogP contribution < -0.4 is 0 Å². The molecule has 1 amide bonds. The van der Waals surface area contributed by atoms with E-state index in [9.17, 15) is 9.59 Å². The molecule has 2 aromatic carbocycles. The van der Waals surface area contributed by atoms with Crippen LogP contribution in [0.4, 0.5) is 5.69 Å². The first-order chi connectivity index (χ1) is 13.7. The maximum atomic E-state index is 12.6. The zero-order chi connectivity index (χ0) is 21.2. The third-order valence-corrected chi connectivity index (χ3v) is 5.65. The topological polar surface area (TPSA) is 59.0 Å². The Balaban J connectivity index is 1.81. The molecule has 150 valence electrons. The predicted molar refractivity (Wildman–Crippen MR) is 118 cm³/mol. The van der Waals surface area contributed by atoms with Gasteiger partial charge in [-0.3, -0.25) is 9.69 Å². The fraction of sp³-hybridized carbons (Fsp3) is 0.261. The highest BCUT2D eigenvalue weighted by molar-refractivity contribution is 8.18. The fourth-order valence-corrected chi connectivity index (χ4v) is 3.77. The summed E-state index contributed by atoms with van der Waals surface area (Å²) < 4.78 is 4.70. The van der Waals surface area contributed by atoms with Crippen molar-refractivity contribution in [3.8, 4) is 0 Å². The maximum Gasteiger partial charge on any atom is 0.337 e. The molecule has 0 N–H and O–H groups in total. The number of aliphatic imine (C=N–C) groups is 1. The van der Waals surface area contributed by atoms with Crippen molar-refractivity contribution in [1.82, 2.24) is 4.90 Å². The van der Waals surface area contributed by atoms with Crippen LogP contribution in [0.3, 0.4) is 0 Å². The second-order valence-corrected chi connectivity index (χ2v) is 8.79. The van der Waals surface area contributed by atoms with Crippen LogP contribution in [0.1, 0.15) is 42.3 Å². The molecule has 6 heteroatoms. The number of thioether (sulfide) groups is 1. The number of amides is 1. The van der Waals surface area contributed by atoms with Crippen molar-refractivity contribution in [1.29, 1.82) is 0 Å². The molecule has 1 aliphatic rings. The van der Waals surface area contributed by atoms with Crippen LogP contribution >= 0.6 is 11.8 Å². The molecule has 1 saturated heterocycles. The molecule has 3 rings (SSSR count). The van der Waals surface area contributed by atoms with Gasteiger partial charge >= 0.3 is 5.97 Å². The minimum atomic E-state index is -0.394. The van der Waals surface area contributed by atoms with E-state index in [1.165, 1.54) is 29.3 Å². The van der Waals surface area contributed by atoms with E-state index in [0.717, 1.165) is 5.56 Å². The smallest absolute Gasteiger partial charge is 0.337 e. The fourth-order valence-electron chi connectivity index (χ4n) is 2.78. The maximum absolute atomic E-state index is 12.6. The lowest BCUT2D eigenvalue weighted by Gasteiger charge is -2.18. The van der Waals surface area contributed by atoms with E-state index in [1.807, 2.05) is 18.2 Å². The largest absolute Gasteiger partial charge is 0.465 e. The number of likely N-dealkylation sites (N-methyl/N-ethyl adjacent to an activating group) is 1. The second kappa shape index (κ2) is 8.25. The van der Waals surface area contributed by atoms with E-state index >= 15 is 0 Å². The number of hydrogen-bond acceptors (Lipinski definition) is 5. The molecule has 0 aliphatic carbocycles. The Morgan fingerprint density at radius 2 is 1.69 bits per heavy atom. The van der Waals surface area contributed by atoms with Gasteiger partial charge in [-0.25, -0.2) is 9.79 Å². The number of carbonyl (C=O) groups is 2. The van der Waals surface area contributed by atoms with Crippen LogP contribution in [0.15, 0.2) is 58.4 Å². The molecule has 29 heavy (non-hydrogen) atoms. The zero-order valence-corrected chi connectivity index (χ0v) is 18.0. The minimum Gasteiger partial charge on any atom is -0.465 e. The van der Waals surface area contributed by atoms with E-state index in [2.05, 4.69) is 37.9 Å². The van der Waals surface area contributed by atoms with Gasteiger partial charge in [0, 0.05) is 7.05 Å². The Bertz CT molecular complexity index is 984. The number of hydrogen-bond donors (Lipinski definition) is 0. The molecule has 5 nitrogen and oxygen atoms in total. The molecule has 0 unspecified atom stereocenters. The molecule has 0 spiro atoms. The van der Waals surface area contributed by atoms with E-state index in [1.54, 1.807) is 31.3 Å². The van der Waals surface area contributed by atoms with Gasteiger partial charge in [0.2, 0.25) is 0 Å². The molecule has 1 aliphatic heterocycles. The highest BCUT2D eigenvalue weighted by Gasteiger charge is 2.30. The van der Waals surface area contributed by atoms with Gasteiger partial charge in [-0.05, 0) is 58.6 Å². The van der Waals surface area contributed by atoms with Crippen LogP contribution in [0.5, 0.6) is 0 Å². The first-order valence-corrected chi connectivity index (χ1v) is 10.1. The molecule has 0 saturated carbocycles. The number of ether oxygens (including phenoxy) is 1. The third kappa shape index (κ3) is 4.77. The lowest BCUT2D eigenvalue weighted by Crippen LogP contribution is -2.23. The van der Waals surface area contributed by atoms with Gasteiger partial charge in [0.25, 0.3) is 5.91 Å². The van der Waals surface area contributed by atoms with Crippen molar-refractivity contribution >= 4 is 40.6 Å². The van der Waals surface area contributed by atoms with Crippen molar-refractivity contribution in [3.05, 3.63) is 70.1 Å². The van der Waals surface area contributed by atoms with Gasteiger partial charge in [-0.15, -0.1) is 0 Å². The number of rotatable bonds is 3. The normalized spacial score (nSPS) is 17.3. The summed E-state index contributed by atoms with van der Waals surface area (Å²) in [5.74, 6) is -0.478. The van der Waals surface area contributed by atoms with Gasteiger partial charge in [0.05, 0.1) is 23.3 Å². The summed E-state index contributed by atoms with van der Waals surface area (Å²) in [6.45, 7) is 6.52. The van der Waals surface area contributed by atoms with Crippen LogP contribution in [-0.2, 0) is 14.9 Å². The Labute approximate surface area is 175 Å². The highest BCUT2D eigenvalue weighted by Crippen LogP contribution is 2.33. The van der Waals surface area contributed by atoms with Gasteiger partial charge in [0.15, 0.2) is 5.17 Å². The first kappa shape index (κ1) is 20.9. The van der Waals surface area contributed by atoms with Gasteiger partial charge < -0.3 is 4.74 Å². The summed E-state index contributed by atoms with van der Waals surface area (Å²) in [6.07, 6.45) is 1.89. The van der Waals surface area contributed by atoms with Crippen LogP contribution in [0, 0.1) is 0 Å². The molecular formula is C23H24N2O3S. The number of carbonyl (C=O) groups excluding carboxylic acids is 2. The molecule has 0 radical (unpaired) electrons. The lowest BCUT2D eigenvalue weighted by atomic mass is 9.87. The molecule has 1 fully saturated rings. The number of methoxy groups -OCH3 is 1. The lowest BCUT2D eigenvalue weighted by molar-refractivity contribution is -0.121. The number of amidine groups is 1. The molecule has 2 aromatic rings.